The van der Waals surface area contributed by atoms with Gasteiger partial charge in [0, 0.05) is 23.5 Å². The van der Waals surface area contributed by atoms with Crippen molar-refractivity contribution in [3.63, 3.8) is 0 Å². The van der Waals surface area contributed by atoms with Gasteiger partial charge in [-0.25, -0.2) is 4.58 Å². The van der Waals surface area contributed by atoms with Crippen LogP contribution in [0.1, 0.15) is 19.6 Å². The van der Waals surface area contributed by atoms with Crippen molar-refractivity contribution in [1.82, 2.24) is 4.57 Å². The van der Waals surface area contributed by atoms with Gasteiger partial charge in [0.1, 0.15) is 19.1 Å². The molecule has 8 nitrogen and oxygen atoms in total. The number of aromatic nitrogens is 1. The number of thiazole rings is 1. The van der Waals surface area contributed by atoms with Gasteiger partial charge >= 0.3 is 5.88 Å². The minimum atomic E-state index is -0.531. The first-order valence-corrected chi connectivity index (χ1v) is 13.8. The average molecular weight is 550 g/mol. The van der Waals surface area contributed by atoms with E-state index < -0.39 is 4.92 Å². The summed E-state index contributed by atoms with van der Waals surface area (Å²) in [6, 6.07) is 8.77. The molecule has 12 heteroatoms. The molecule has 0 saturated heterocycles. The molecule has 0 bridgehead atoms. The molecule has 3 aromatic rings. The quantitative estimate of drug-likeness (QED) is 0.271. The van der Waals surface area contributed by atoms with Gasteiger partial charge in [0.2, 0.25) is 11.6 Å². The van der Waals surface area contributed by atoms with Gasteiger partial charge in [0.05, 0.1) is 23.1 Å². The lowest BCUT2D eigenvalue weighted by atomic mass is 10.3. The van der Waals surface area contributed by atoms with Crippen LogP contribution in [0.5, 0.6) is 0 Å². The average Bonchev–Trinajstić information content (AvgIpc) is 3.55. The first kappa shape index (κ1) is 24.2. The van der Waals surface area contributed by atoms with Crippen LogP contribution in [0.2, 0.25) is 5.02 Å². The van der Waals surface area contributed by atoms with E-state index in [1.54, 1.807) is 34.2 Å². The molecule has 1 unspecified atom stereocenters. The van der Waals surface area contributed by atoms with Gasteiger partial charge in [-0.2, -0.15) is 0 Å². The van der Waals surface area contributed by atoms with Crippen LogP contribution in [0.15, 0.2) is 44.4 Å². The molecule has 2 aliphatic heterocycles. The van der Waals surface area contributed by atoms with Crippen molar-refractivity contribution >= 4 is 74.2 Å². The third-order valence-electron chi connectivity index (χ3n) is 5.75. The monoisotopic (exact) mass is 549 g/mol. The first-order valence-electron chi connectivity index (χ1n) is 10.9. The van der Waals surface area contributed by atoms with Crippen molar-refractivity contribution < 1.29 is 13.9 Å². The van der Waals surface area contributed by atoms with Gasteiger partial charge in [-0.15, -0.1) is 11.3 Å². The maximum absolute atomic E-state index is 13.4. The lowest BCUT2D eigenvalue weighted by Gasteiger charge is -2.12. The lowest BCUT2D eigenvalue weighted by molar-refractivity contribution is -0.538. The van der Waals surface area contributed by atoms with E-state index in [0.29, 0.717) is 33.7 Å². The number of hydrogen-bond donors (Lipinski definition) is 0. The molecular formula is C23H22ClN4O4S3+. The second kappa shape index (κ2) is 9.53. The molecule has 5 rings (SSSR count). The van der Waals surface area contributed by atoms with Gasteiger partial charge in [0.15, 0.2) is 12.3 Å². The Morgan fingerprint density at radius 3 is 2.86 bits per heavy atom. The van der Waals surface area contributed by atoms with Gasteiger partial charge in [-0.05, 0) is 49.9 Å². The predicted octanol–water partition coefficient (Wildman–Crippen LogP) is 3.92. The van der Waals surface area contributed by atoms with Crippen LogP contribution in [-0.4, -0.2) is 38.0 Å². The Bertz CT molecular complexity index is 1560. The molecule has 0 aliphatic carbocycles. The van der Waals surface area contributed by atoms with Crippen molar-refractivity contribution in [2.75, 3.05) is 18.5 Å². The number of benzene rings is 1. The second-order valence-corrected chi connectivity index (χ2v) is 12.1. The molecule has 0 N–H and O–H groups in total. The minimum Gasteiger partial charge on any atom is -0.399 e. The Morgan fingerprint density at radius 1 is 1.34 bits per heavy atom. The highest BCUT2D eigenvalue weighted by Gasteiger charge is 2.30. The first-order chi connectivity index (χ1) is 16.7. The molecule has 182 valence electrons. The van der Waals surface area contributed by atoms with E-state index in [0.717, 1.165) is 31.9 Å². The highest BCUT2D eigenvalue weighted by Crippen LogP contribution is 2.46. The number of fused-ring (bicyclic) bond motifs is 1. The summed E-state index contributed by atoms with van der Waals surface area (Å²) >= 11 is 10.9. The Morgan fingerprint density at radius 2 is 2.14 bits per heavy atom. The maximum atomic E-state index is 13.4. The van der Waals surface area contributed by atoms with E-state index in [2.05, 4.69) is 17.6 Å². The number of rotatable bonds is 5. The molecular weight excluding hydrogens is 528 g/mol. The molecule has 1 aromatic carbocycles. The SMILES string of the molecule is CCn1c(=O)/c(=C2\Sc3cc(Cl)ccc3N2C)s/c1=C\C1=[N+](Cc2ccc([N+](=O)[O-])o2)CC(C)S1. The molecule has 0 fully saturated rings. The number of nitrogens with zero attached hydrogens (tertiary/aromatic N) is 4. The van der Waals surface area contributed by atoms with Crippen molar-refractivity contribution in [2.45, 2.75) is 37.1 Å². The Labute approximate surface area is 218 Å². The molecule has 0 spiro atoms. The van der Waals surface area contributed by atoms with Gasteiger partial charge in [-0.1, -0.05) is 23.4 Å². The van der Waals surface area contributed by atoms with E-state index in [4.69, 9.17) is 16.0 Å². The fourth-order valence-corrected chi connectivity index (χ4v) is 8.06. The van der Waals surface area contributed by atoms with E-state index in [-0.39, 0.29) is 11.4 Å². The lowest BCUT2D eigenvalue weighted by Crippen LogP contribution is -2.33. The Hall–Kier alpha value is -2.47. The largest absolute Gasteiger partial charge is 0.433 e. The zero-order valence-electron chi connectivity index (χ0n) is 19.2. The summed E-state index contributed by atoms with van der Waals surface area (Å²) in [5.74, 6) is 0.277. The third-order valence-corrected chi connectivity index (χ3v) is 9.62. The predicted molar refractivity (Wildman–Crippen MR) is 143 cm³/mol. The molecule has 0 saturated carbocycles. The number of nitro groups is 1. The summed E-state index contributed by atoms with van der Waals surface area (Å²) in [5, 5.41) is 13.9. The Kier molecular flexibility index (Phi) is 6.60. The van der Waals surface area contributed by atoms with Crippen LogP contribution in [0.3, 0.4) is 0 Å². The van der Waals surface area contributed by atoms with Crippen LogP contribution in [0, 0.1) is 10.1 Å². The molecule has 2 aromatic heterocycles. The zero-order valence-corrected chi connectivity index (χ0v) is 22.4. The van der Waals surface area contributed by atoms with E-state index in [1.165, 1.54) is 17.4 Å². The smallest absolute Gasteiger partial charge is 0.399 e. The molecule has 0 radical (unpaired) electrons. The number of thioether (sulfide) groups is 2. The molecule has 1 atom stereocenters. The van der Waals surface area contributed by atoms with E-state index >= 15 is 0 Å². The van der Waals surface area contributed by atoms with Crippen molar-refractivity contribution in [2.24, 2.45) is 0 Å². The number of hydrogen-bond acceptors (Lipinski definition) is 8. The maximum Gasteiger partial charge on any atom is 0.433 e. The van der Waals surface area contributed by atoms with Crippen LogP contribution < -0.4 is 19.7 Å². The number of furan rings is 1. The van der Waals surface area contributed by atoms with Gasteiger partial charge in [-0.3, -0.25) is 19.5 Å². The normalized spacial score (nSPS) is 19.7. The summed E-state index contributed by atoms with van der Waals surface area (Å²) in [7, 11) is 1.97. The zero-order chi connectivity index (χ0) is 24.9. The van der Waals surface area contributed by atoms with Crippen LogP contribution in [-0.2, 0) is 13.1 Å². The minimum absolute atomic E-state index is 0.0122. The number of anilines is 1. The highest BCUT2D eigenvalue weighted by molar-refractivity contribution is 8.15. The van der Waals surface area contributed by atoms with Crippen molar-refractivity contribution in [3.8, 4) is 0 Å². The third kappa shape index (κ3) is 4.57. The standard InChI is InChI=1S/C23H22ClN4O4S3/c1-4-27-20(10-19-26(11-13(2)33-19)12-15-6-8-18(32-15)28(30)31)35-21(22(27)29)23-25(3)16-7-5-14(24)9-17(16)34-23/h5-10,13H,4,11-12H2,1-3H3/q+1/b23-21+. The second-order valence-electron chi connectivity index (χ2n) is 8.19. The Balaban J connectivity index is 1.58. The summed E-state index contributed by atoms with van der Waals surface area (Å²) in [6.45, 7) is 5.87. The van der Waals surface area contributed by atoms with Crippen LogP contribution in [0.4, 0.5) is 11.6 Å². The fraction of sp³-hybridized carbons (Fsp3) is 0.304. The van der Waals surface area contributed by atoms with Crippen LogP contribution in [0.25, 0.3) is 11.1 Å². The number of halogens is 1. The van der Waals surface area contributed by atoms with Crippen molar-refractivity contribution in [3.05, 3.63) is 70.8 Å². The molecule has 35 heavy (non-hydrogen) atoms. The van der Waals surface area contributed by atoms with Crippen LogP contribution >= 0.6 is 46.5 Å². The van der Waals surface area contributed by atoms with Crippen molar-refractivity contribution in [1.29, 1.82) is 0 Å². The summed E-state index contributed by atoms with van der Waals surface area (Å²) < 4.78 is 10.9. The summed E-state index contributed by atoms with van der Waals surface area (Å²) in [5.41, 5.74) is 1.02. The molecule has 4 heterocycles. The molecule has 2 aliphatic rings. The van der Waals surface area contributed by atoms with Gasteiger partial charge < -0.3 is 9.32 Å². The van der Waals surface area contributed by atoms with E-state index in [9.17, 15) is 14.9 Å². The molecule has 0 amide bonds. The van der Waals surface area contributed by atoms with E-state index in [1.807, 2.05) is 37.1 Å². The van der Waals surface area contributed by atoms with Gasteiger partial charge in [0.25, 0.3) is 5.56 Å². The fourth-order valence-electron chi connectivity index (χ4n) is 4.12. The summed E-state index contributed by atoms with van der Waals surface area (Å²) in [4.78, 5) is 26.9. The summed E-state index contributed by atoms with van der Waals surface area (Å²) in [6.07, 6.45) is 2.05. The topological polar surface area (TPSA) is 84.5 Å². The highest BCUT2D eigenvalue weighted by atomic mass is 35.5.